The number of carbonyl (C=O) groups is 1. The van der Waals surface area contributed by atoms with Crippen molar-refractivity contribution in [3.8, 4) is 17.9 Å². The average Bonchev–Trinajstić information content (AvgIpc) is 2.89. The highest BCUT2D eigenvalue weighted by molar-refractivity contribution is 5.90. The molecule has 1 aromatic heterocycles. The van der Waals surface area contributed by atoms with Gasteiger partial charge in [-0.2, -0.15) is 10.5 Å². The van der Waals surface area contributed by atoms with E-state index in [4.69, 9.17) is 15.3 Å². The molecule has 0 saturated carbocycles. The molecule has 0 aliphatic heterocycles. The number of benzene rings is 1. The van der Waals surface area contributed by atoms with Crippen molar-refractivity contribution in [1.29, 1.82) is 10.5 Å². The van der Waals surface area contributed by atoms with E-state index in [0.717, 1.165) is 0 Å². The molecule has 21 heavy (non-hydrogen) atoms. The van der Waals surface area contributed by atoms with Gasteiger partial charge in [-0.15, -0.1) is 0 Å². The largest absolute Gasteiger partial charge is 0.497 e. The number of carbonyl (C=O) groups excluding carboxylic acids is 1. The van der Waals surface area contributed by atoms with E-state index < -0.39 is 0 Å². The highest BCUT2D eigenvalue weighted by atomic mass is 16.5. The summed E-state index contributed by atoms with van der Waals surface area (Å²) in [6, 6.07) is 10.5. The molecule has 1 amide bonds. The van der Waals surface area contributed by atoms with E-state index in [9.17, 15) is 4.79 Å². The lowest BCUT2D eigenvalue weighted by Gasteiger charge is -2.07. The van der Waals surface area contributed by atoms with Gasteiger partial charge in [-0.1, -0.05) is 0 Å². The summed E-state index contributed by atoms with van der Waals surface area (Å²) in [5.41, 5.74) is 0.692. The van der Waals surface area contributed by atoms with E-state index >= 15 is 0 Å². The van der Waals surface area contributed by atoms with Crippen LogP contribution in [0.5, 0.6) is 5.75 Å². The van der Waals surface area contributed by atoms with Crippen LogP contribution in [0.1, 0.15) is 11.4 Å². The number of hydrogen-bond donors (Lipinski definition) is 1. The molecule has 0 atom stereocenters. The standard InChI is InChI=1S/C14H11N5O2/c1-21-11-4-2-10(3-5-11)18-14(20)8-19-9-17-12(6-15)13(19)7-16/h2-5,9H,8H2,1H3,(H,18,20). The summed E-state index contributed by atoms with van der Waals surface area (Å²) in [5, 5.41) is 20.4. The molecule has 0 unspecified atom stereocenters. The summed E-state index contributed by atoms with van der Waals surface area (Å²) in [6.07, 6.45) is 1.30. The molecule has 2 rings (SSSR count). The van der Waals surface area contributed by atoms with E-state index in [-0.39, 0.29) is 23.8 Å². The Balaban J connectivity index is 2.07. The van der Waals surface area contributed by atoms with Gasteiger partial charge < -0.3 is 14.6 Å². The third-order valence-corrected chi connectivity index (χ3v) is 2.74. The van der Waals surface area contributed by atoms with Gasteiger partial charge in [0.1, 0.15) is 24.4 Å². The van der Waals surface area contributed by atoms with E-state index in [1.54, 1.807) is 37.4 Å². The highest BCUT2D eigenvalue weighted by Gasteiger charge is 2.12. The second kappa shape index (κ2) is 6.22. The number of ether oxygens (including phenoxy) is 1. The van der Waals surface area contributed by atoms with Crippen LogP contribution in [-0.4, -0.2) is 22.6 Å². The fourth-order valence-electron chi connectivity index (χ4n) is 1.73. The van der Waals surface area contributed by atoms with Crippen molar-refractivity contribution in [2.45, 2.75) is 6.54 Å². The Morgan fingerprint density at radius 2 is 2.05 bits per heavy atom. The predicted octanol–water partition coefficient (Wildman–Crippen LogP) is 1.27. The normalized spacial score (nSPS) is 9.48. The molecule has 7 heteroatoms. The zero-order valence-corrected chi connectivity index (χ0v) is 11.2. The zero-order chi connectivity index (χ0) is 15.2. The van der Waals surface area contributed by atoms with Gasteiger partial charge in [-0.3, -0.25) is 4.79 Å². The average molecular weight is 281 g/mol. The summed E-state index contributed by atoms with van der Waals surface area (Å²) in [4.78, 5) is 15.7. The third-order valence-electron chi connectivity index (χ3n) is 2.74. The summed E-state index contributed by atoms with van der Waals surface area (Å²) < 4.78 is 6.35. The van der Waals surface area contributed by atoms with Gasteiger partial charge in [0.2, 0.25) is 5.91 Å². The third kappa shape index (κ3) is 3.17. The molecule has 0 saturated heterocycles. The molecule has 0 radical (unpaired) electrons. The van der Waals surface area contributed by atoms with Gasteiger partial charge in [0.05, 0.1) is 13.4 Å². The number of hydrogen-bond acceptors (Lipinski definition) is 5. The molecular formula is C14H11N5O2. The molecule has 2 aromatic rings. The fraction of sp³-hybridized carbons (Fsp3) is 0.143. The Morgan fingerprint density at radius 3 is 2.62 bits per heavy atom. The zero-order valence-electron chi connectivity index (χ0n) is 11.2. The highest BCUT2D eigenvalue weighted by Crippen LogP contribution is 2.15. The Hall–Kier alpha value is -3.32. The Kier molecular flexibility index (Phi) is 4.17. The van der Waals surface area contributed by atoms with Crippen LogP contribution in [0.4, 0.5) is 5.69 Å². The molecule has 104 valence electrons. The molecule has 1 N–H and O–H groups in total. The first-order valence-electron chi connectivity index (χ1n) is 5.97. The first-order chi connectivity index (χ1) is 10.2. The van der Waals surface area contributed by atoms with Gasteiger partial charge in [-0.25, -0.2) is 4.98 Å². The lowest BCUT2D eigenvalue weighted by molar-refractivity contribution is -0.116. The van der Waals surface area contributed by atoms with Crippen LogP contribution in [0.25, 0.3) is 0 Å². The maximum Gasteiger partial charge on any atom is 0.244 e. The molecule has 1 heterocycles. The topological polar surface area (TPSA) is 104 Å². The Labute approximate surface area is 121 Å². The van der Waals surface area contributed by atoms with Crippen molar-refractivity contribution in [1.82, 2.24) is 9.55 Å². The van der Waals surface area contributed by atoms with Crippen LogP contribution in [0, 0.1) is 22.7 Å². The van der Waals surface area contributed by atoms with Crippen LogP contribution in [0.3, 0.4) is 0 Å². The van der Waals surface area contributed by atoms with Gasteiger partial charge >= 0.3 is 0 Å². The summed E-state index contributed by atoms with van der Waals surface area (Å²) in [7, 11) is 1.56. The maximum absolute atomic E-state index is 11.9. The van der Waals surface area contributed by atoms with Gasteiger partial charge in [0, 0.05) is 5.69 Å². The van der Waals surface area contributed by atoms with Crippen molar-refractivity contribution >= 4 is 11.6 Å². The molecule has 0 bridgehead atoms. The first kappa shape index (κ1) is 14.1. The van der Waals surface area contributed by atoms with Gasteiger partial charge in [0.15, 0.2) is 11.4 Å². The maximum atomic E-state index is 11.9. The van der Waals surface area contributed by atoms with Crippen LogP contribution < -0.4 is 10.1 Å². The number of anilines is 1. The van der Waals surface area contributed by atoms with Crippen LogP contribution in [-0.2, 0) is 11.3 Å². The summed E-state index contributed by atoms with van der Waals surface area (Å²) in [5.74, 6) is 0.367. The Bertz CT molecular complexity index is 734. The second-order valence-corrected chi connectivity index (χ2v) is 4.07. The number of rotatable bonds is 4. The van der Waals surface area contributed by atoms with Crippen LogP contribution in [0.15, 0.2) is 30.6 Å². The minimum Gasteiger partial charge on any atom is -0.497 e. The van der Waals surface area contributed by atoms with E-state index in [0.29, 0.717) is 11.4 Å². The van der Waals surface area contributed by atoms with Crippen LogP contribution >= 0.6 is 0 Å². The number of methoxy groups -OCH3 is 1. The smallest absolute Gasteiger partial charge is 0.244 e. The second-order valence-electron chi connectivity index (χ2n) is 4.07. The molecule has 0 aliphatic rings. The molecular weight excluding hydrogens is 270 g/mol. The van der Waals surface area contributed by atoms with Crippen LogP contribution in [0.2, 0.25) is 0 Å². The number of aromatic nitrogens is 2. The lowest BCUT2D eigenvalue weighted by atomic mass is 10.3. The van der Waals surface area contributed by atoms with E-state index in [1.807, 2.05) is 6.07 Å². The van der Waals surface area contributed by atoms with E-state index in [1.165, 1.54) is 10.9 Å². The number of nitrogens with zero attached hydrogens (tertiary/aromatic N) is 4. The number of nitrogens with one attached hydrogen (secondary N) is 1. The minimum atomic E-state index is -0.321. The monoisotopic (exact) mass is 281 g/mol. The quantitative estimate of drug-likeness (QED) is 0.908. The molecule has 1 aromatic carbocycles. The summed E-state index contributed by atoms with van der Waals surface area (Å²) >= 11 is 0. The van der Waals surface area contributed by atoms with Crippen molar-refractivity contribution in [3.05, 3.63) is 42.0 Å². The van der Waals surface area contributed by atoms with Crippen molar-refractivity contribution in [2.75, 3.05) is 12.4 Å². The van der Waals surface area contributed by atoms with Gasteiger partial charge in [-0.05, 0) is 24.3 Å². The minimum absolute atomic E-state index is 0.00903. The van der Waals surface area contributed by atoms with Gasteiger partial charge in [0.25, 0.3) is 0 Å². The molecule has 0 spiro atoms. The molecule has 0 aliphatic carbocycles. The van der Waals surface area contributed by atoms with Crippen molar-refractivity contribution in [2.24, 2.45) is 0 Å². The predicted molar refractivity (Wildman–Crippen MR) is 73.3 cm³/mol. The number of amides is 1. The number of imidazole rings is 1. The van der Waals surface area contributed by atoms with E-state index in [2.05, 4.69) is 10.3 Å². The number of nitriles is 2. The molecule has 0 fully saturated rings. The first-order valence-corrected chi connectivity index (χ1v) is 5.97. The summed E-state index contributed by atoms with van der Waals surface area (Å²) in [6.45, 7) is -0.0936. The SMILES string of the molecule is COc1ccc(NC(=O)Cn2cnc(C#N)c2C#N)cc1. The van der Waals surface area contributed by atoms with Crippen molar-refractivity contribution < 1.29 is 9.53 Å². The molecule has 7 nitrogen and oxygen atoms in total. The van der Waals surface area contributed by atoms with Crippen molar-refractivity contribution in [3.63, 3.8) is 0 Å². The lowest BCUT2D eigenvalue weighted by Crippen LogP contribution is -2.19. The fourth-order valence-corrected chi connectivity index (χ4v) is 1.73. The Morgan fingerprint density at radius 1 is 1.33 bits per heavy atom.